The summed E-state index contributed by atoms with van der Waals surface area (Å²) in [5.41, 5.74) is 0. The van der Waals surface area contributed by atoms with E-state index in [1.165, 1.54) is 180 Å². The number of rotatable bonds is 40. The minimum atomic E-state index is -1.10. The van der Waals surface area contributed by atoms with Gasteiger partial charge in [0.1, 0.15) is 6.10 Å². The van der Waals surface area contributed by atoms with Crippen LogP contribution in [0.5, 0.6) is 0 Å². The molecule has 0 aliphatic carbocycles. The Morgan fingerprint density at radius 1 is 0.480 bits per heavy atom. The first kappa shape index (κ1) is 48.8. The van der Waals surface area contributed by atoms with Crippen molar-refractivity contribution in [3.8, 4) is 0 Å². The third kappa shape index (κ3) is 35.2. The van der Waals surface area contributed by atoms with Crippen LogP contribution in [0.1, 0.15) is 232 Å². The number of hydrogen-bond acceptors (Lipinski definition) is 4. The molecule has 0 aliphatic heterocycles. The predicted molar refractivity (Wildman–Crippen MR) is 218 cm³/mol. The van der Waals surface area contributed by atoms with E-state index < -0.39 is 24.2 Å². The molecule has 0 spiro atoms. The first-order chi connectivity index (χ1) is 24.6. The number of nitrogens with one attached hydrogen (secondary N) is 1. The van der Waals surface area contributed by atoms with Crippen LogP contribution in [0.2, 0.25) is 0 Å². The summed E-state index contributed by atoms with van der Waals surface area (Å²) in [5.74, 6) is -0.505. The summed E-state index contributed by atoms with van der Waals surface area (Å²) in [6.07, 6.45) is 49.3. The summed E-state index contributed by atoms with van der Waals surface area (Å²) in [6.45, 7) is 4.17. The minimum absolute atomic E-state index is 0.363. The molecule has 1 amide bonds. The van der Waals surface area contributed by atoms with Crippen molar-refractivity contribution >= 4 is 5.91 Å². The molecule has 0 saturated heterocycles. The zero-order valence-electron chi connectivity index (χ0n) is 33.5. The number of amides is 1. The maximum absolute atomic E-state index is 12.4. The summed E-state index contributed by atoms with van der Waals surface area (Å²) in [7, 11) is 0. The van der Waals surface area contributed by atoms with Crippen LogP contribution in [0.4, 0.5) is 0 Å². The van der Waals surface area contributed by atoms with E-state index in [0.717, 1.165) is 32.1 Å². The molecule has 0 aliphatic rings. The number of allylic oxidation sites excluding steroid dienone is 3. The van der Waals surface area contributed by atoms with Crippen LogP contribution in [0, 0.1) is 0 Å². The highest BCUT2D eigenvalue weighted by Crippen LogP contribution is 2.15. The standard InChI is InChI=1S/C45H87NO4/c1-3-5-7-9-11-13-15-16-17-18-19-20-21-22-23-24-25-26-27-28-30-32-34-36-38-40-44(49)45(50)46-42(41-47)43(48)39-37-35-33-31-29-14-12-10-8-6-4-2/h22-23,37,39,42-44,47-49H,3-21,24-36,38,40-41H2,1-2H3,(H,46,50)/b23-22-,39-37+. The molecule has 4 N–H and O–H groups in total. The van der Waals surface area contributed by atoms with Gasteiger partial charge in [0.2, 0.25) is 5.91 Å². The Morgan fingerprint density at radius 2 is 0.800 bits per heavy atom. The molecule has 0 bridgehead atoms. The average Bonchev–Trinajstić information content (AvgIpc) is 3.12. The smallest absolute Gasteiger partial charge is 0.249 e. The van der Waals surface area contributed by atoms with E-state index in [1.807, 2.05) is 6.08 Å². The van der Waals surface area contributed by atoms with Gasteiger partial charge in [-0.15, -0.1) is 0 Å². The van der Waals surface area contributed by atoms with Gasteiger partial charge in [-0.3, -0.25) is 4.79 Å². The lowest BCUT2D eigenvalue weighted by molar-refractivity contribution is -0.131. The largest absolute Gasteiger partial charge is 0.394 e. The van der Waals surface area contributed by atoms with Crippen LogP contribution < -0.4 is 5.32 Å². The predicted octanol–water partition coefficient (Wildman–Crippen LogP) is 12.6. The molecule has 3 unspecified atom stereocenters. The second-order valence-corrected chi connectivity index (χ2v) is 15.3. The van der Waals surface area contributed by atoms with Crippen molar-refractivity contribution in [3.05, 3.63) is 24.3 Å². The lowest BCUT2D eigenvalue weighted by Gasteiger charge is -2.21. The number of carbonyl (C=O) groups excluding carboxylic acids is 1. The Morgan fingerprint density at radius 3 is 1.16 bits per heavy atom. The maximum Gasteiger partial charge on any atom is 0.249 e. The molecule has 0 heterocycles. The van der Waals surface area contributed by atoms with Gasteiger partial charge in [-0.1, -0.05) is 212 Å². The number of aliphatic hydroxyl groups excluding tert-OH is 3. The van der Waals surface area contributed by atoms with E-state index in [-0.39, 0.29) is 6.61 Å². The van der Waals surface area contributed by atoms with E-state index in [0.29, 0.717) is 6.42 Å². The highest BCUT2D eigenvalue weighted by molar-refractivity contribution is 5.80. The number of hydrogen-bond donors (Lipinski definition) is 4. The van der Waals surface area contributed by atoms with Crippen molar-refractivity contribution in [2.24, 2.45) is 0 Å². The molecule has 0 aromatic carbocycles. The monoisotopic (exact) mass is 706 g/mol. The van der Waals surface area contributed by atoms with Crippen molar-refractivity contribution in [3.63, 3.8) is 0 Å². The lowest BCUT2D eigenvalue weighted by Crippen LogP contribution is -2.48. The van der Waals surface area contributed by atoms with Crippen molar-refractivity contribution in [1.29, 1.82) is 0 Å². The second kappa shape index (κ2) is 40.6. The van der Waals surface area contributed by atoms with Gasteiger partial charge in [-0.2, -0.15) is 0 Å². The summed E-state index contributed by atoms with van der Waals surface area (Å²) in [5, 5.41) is 33.0. The van der Waals surface area contributed by atoms with Gasteiger partial charge in [0.25, 0.3) is 0 Å². The Labute approximate surface area is 312 Å². The molecule has 3 atom stereocenters. The third-order valence-electron chi connectivity index (χ3n) is 10.3. The molecule has 5 nitrogen and oxygen atoms in total. The van der Waals surface area contributed by atoms with E-state index in [4.69, 9.17) is 0 Å². The molecule has 0 saturated carbocycles. The fraction of sp³-hybridized carbons (Fsp3) is 0.889. The summed E-state index contributed by atoms with van der Waals surface area (Å²) < 4.78 is 0. The number of carbonyl (C=O) groups is 1. The van der Waals surface area contributed by atoms with Gasteiger partial charge < -0.3 is 20.6 Å². The number of aliphatic hydroxyl groups is 3. The van der Waals surface area contributed by atoms with Crippen LogP contribution in [-0.4, -0.2) is 46.1 Å². The van der Waals surface area contributed by atoms with Crippen molar-refractivity contribution < 1.29 is 20.1 Å². The molecular weight excluding hydrogens is 618 g/mol. The maximum atomic E-state index is 12.4. The van der Waals surface area contributed by atoms with Crippen LogP contribution in [-0.2, 0) is 4.79 Å². The van der Waals surface area contributed by atoms with Gasteiger partial charge in [0, 0.05) is 0 Å². The Balaban J connectivity index is 3.59. The fourth-order valence-corrected chi connectivity index (χ4v) is 6.77. The van der Waals surface area contributed by atoms with Gasteiger partial charge in [-0.25, -0.2) is 0 Å². The van der Waals surface area contributed by atoms with Gasteiger partial charge in [-0.05, 0) is 44.9 Å². The Bertz CT molecular complexity index is 739. The topological polar surface area (TPSA) is 89.8 Å². The van der Waals surface area contributed by atoms with E-state index >= 15 is 0 Å². The number of unbranched alkanes of at least 4 members (excludes halogenated alkanes) is 30. The Kier molecular flexibility index (Phi) is 39.6. The average molecular weight is 706 g/mol. The van der Waals surface area contributed by atoms with Gasteiger partial charge >= 0.3 is 0 Å². The SMILES string of the molecule is CCCCCCCCCCC/C=C/C(O)C(CO)NC(=O)C(O)CCCCCCCCCCC/C=C\CCCCCCCCCCCCCC. The quantitative estimate of drug-likeness (QED) is 0.0377. The van der Waals surface area contributed by atoms with Gasteiger partial charge in [0.05, 0.1) is 18.8 Å². The van der Waals surface area contributed by atoms with Crippen LogP contribution >= 0.6 is 0 Å². The molecule has 0 aromatic rings. The van der Waals surface area contributed by atoms with E-state index in [2.05, 4.69) is 31.3 Å². The van der Waals surface area contributed by atoms with Crippen molar-refractivity contribution in [2.45, 2.75) is 250 Å². The Hall–Kier alpha value is -1.17. The normalized spacial score (nSPS) is 13.8. The zero-order chi connectivity index (χ0) is 36.6. The molecular formula is C45H87NO4. The van der Waals surface area contributed by atoms with Crippen molar-refractivity contribution in [2.75, 3.05) is 6.61 Å². The molecule has 5 heteroatoms. The zero-order valence-corrected chi connectivity index (χ0v) is 33.5. The second-order valence-electron chi connectivity index (χ2n) is 15.3. The highest BCUT2D eigenvalue weighted by atomic mass is 16.3. The molecule has 50 heavy (non-hydrogen) atoms. The summed E-state index contributed by atoms with van der Waals surface area (Å²) in [4.78, 5) is 12.4. The summed E-state index contributed by atoms with van der Waals surface area (Å²) >= 11 is 0. The third-order valence-corrected chi connectivity index (χ3v) is 10.3. The first-order valence-corrected chi connectivity index (χ1v) is 22.2. The molecule has 0 aromatic heterocycles. The molecule has 0 radical (unpaired) electrons. The van der Waals surface area contributed by atoms with Crippen molar-refractivity contribution in [1.82, 2.24) is 5.32 Å². The molecule has 0 fully saturated rings. The van der Waals surface area contributed by atoms with Crippen LogP contribution in [0.3, 0.4) is 0 Å². The van der Waals surface area contributed by atoms with Crippen LogP contribution in [0.25, 0.3) is 0 Å². The molecule has 0 rings (SSSR count). The van der Waals surface area contributed by atoms with Crippen LogP contribution in [0.15, 0.2) is 24.3 Å². The first-order valence-electron chi connectivity index (χ1n) is 22.2. The van der Waals surface area contributed by atoms with E-state index in [9.17, 15) is 20.1 Å². The molecule has 296 valence electrons. The minimum Gasteiger partial charge on any atom is -0.394 e. The summed E-state index contributed by atoms with van der Waals surface area (Å²) in [6, 6.07) is -0.795. The van der Waals surface area contributed by atoms with Gasteiger partial charge in [0.15, 0.2) is 0 Å². The fourth-order valence-electron chi connectivity index (χ4n) is 6.77. The van der Waals surface area contributed by atoms with E-state index in [1.54, 1.807) is 6.08 Å². The lowest BCUT2D eigenvalue weighted by atomic mass is 10.0. The highest BCUT2D eigenvalue weighted by Gasteiger charge is 2.22.